The maximum atomic E-state index is 7.88. The van der Waals surface area contributed by atoms with E-state index in [1.165, 1.54) is 17.3 Å². The minimum absolute atomic E-state index is 0.557. The van der Waals surface area contributed by atoms with E-state index in [2.05, 4.69) is 39.6 Å². The third-order valence-corrected chi connectivity index (χ3v) is 5.28. The normalized spacial score (nSPS) is 14.7. The van der Waals surface area contributed by atoms with Crippen molar-refractivity contribution in [3.05, 3.63) is 74.9 Å². The lowest BCUT2D eigenvalue weighted by Gasteiger charge is -2.11. The molecule has 2 aromatic rings. The quantitative estimate of drug-likeness (QED) is 0.528. The Balaban J connectivity index is 1.50. The SMILES string of the molecule is CN/C(NCCC#Cc1csc(Cc2ccccc2)n1)=C1/C=CSC1=N. The van der Waals surface area contributed by atoms with E-state index in [1.807, 2.05) is 42.1 Å². The van der Waals surface area contributed by atoms with Gasteiger partial charge >= 0.3 is 0 Å². The van der Waals surface area contributed by atoms with Crippen LogP contribution in [0.2, 0.25) is 0 Å². The van der Waals surface area contributed by atoms with Crippen LogP contribution in [0.15, 0.2) is 58.6 Å². The van der Waals surface area contributed by atoms with Gasteiger partial charge in [0, 0.05) is 37.4 Å². The minimum Gasteiger partial charge on any atom is -0.374 e. The van der Waals surface area contributed by atoms with E-state index in [1.54, 1.807) is 11.3 Å². The number of hydrogen-bond acceptors (Lipinski definition) is 6. The molecule has 0 spiro atoms. The lowest BCUT2D eigenvalue weighted by molar-refractivity contribution is 0.738. The smallest absolute Gasteiger partial charge is 0.124 e. The molecule has 3 N–H and O–H groups in total. The third-order valence-electron chi connectivity index (χ3n) is 3.70. The molecule has 0 aliphatic carbocycles. The molecule has 132 valence electrons. The summed E-state index contributed by atoms with van der Waals surface area (Å²) in [5, 5.41) is 19.9. The number of thiazole rings is 1. The predicted octanol–water partition coefficient (Wildman–Crippen LogP) is 3.73. The number of allylic oxidation sites excluding steroid dienone is 1. The minimum atomic E-state index is 0.557. The highest BCUT2D eigenvalue weighted by molar-refractivity contribution is 8.17. The zero-order valence-electron chi connectivity index (χ0n) is 14.5. The van der Waals surface area contributed by atoms with Crippen molar-refractivity contribution in [1.82, 2.24) is 15.6 Å². The highest BCUT2D eigenvalue weighted by Gasteiger charge is 2.12. The average molecular weight is 381 g/mol. The summed E-state index contributed by atoms with van der Waals surface area (Å²) >= 11 is 3.08. The van der Waals surface area contributed by atoms with Crippen molar-refractivity contribution in [2.45, 2.75) is 12.8 Å². The second-order valence-corrected chi connectivity index (χ2v) is 7.41. The molecule has 1 aromatic carbocycles. The van der Waals surface area contributed by atoms with E-state index in [0.717, 1.165) is 35.1 Å². The molecule has 1 aromatic heterocycles. The molecular formula is C20H20N4S2. The fraction of sp³-hybridized carbons (Fsp3) is 0.200. The molecule has 0 bridgehead atoms. The van der Waals surface area contributed by atoms with Crippen LogP contribution in [0.25, 0.3) is 0 Å². The Kier molecular flexibility index (Phi) is 6.53. The number of thioether (sulfide) groups is 1. The summed E-state index contributed by atoms with van der Waals surface area (Å²) in [6.07, 6.45) is 3.51. The average Bonchev–Trinajstić information content (AvgIpc) is 3.28. The molecule has 0 atom stereocenters. The Hall–Kier alpha value is -2.49. The van der Waals surface area contributed by atoms with Crippen molar-refractivity contribution in [2.75, 3.05) is 13.6 Å². The lowest BCUT2D eigenvalue weighted by Crippen LogP contribution is -2.26. The fourth-order valence-electron chi connectivity index (χ4n) is 2.45. The highest BCUT2D eigenvalue weighted by atomic mass is 32.2. The highest BCUT2D eigenvalue weighted by Crippen LogP contribution is 2.23. The van der Waals surface area contributed by atoms with Crippen molar-refractivity contribution in [1.29, 1.82) is 5.41 Å². The van der Waals surface area contributed by atoms with Crippen molar-refractivity contribution in [2.24, 2.45) is 0 Å². The van der Waals surface area contributed by atoms with Crippen LogP contribution in [-0.2, 0) is 6.42 Å². The number of hydrogen-bond donors (Lipinski definition) is 3. The Bertz CT molecular complexity index is 885. The van der Waals surface area contributed by atoms with Gasteiger partial charge < -0.3 is 10.6 Å². The van der Waals surface area contributed by atoms with Crippen molar-refractivity contribution in [3.63, 3.8) is 0 Å². The molecule has 0 amide bonds. The first-order valence-corrected chi connectivity index (χ1v) is 10.1. The Morgan fingerprint density at radius 3 is 2.85 bits per heavy atom. The molecule has 0 unspecified atom stereocenters. The van der Waals surface area contributed by atoms with Gasteiger partial charge in [0.2, 0.25) is 0 Å². The van der Waals surface area contributed by atoms with Crippen LogP contribution in [0, 0.1) is 17.3 Å². The maximum Gasteiger partial charge on any atom is 0.124 e. The van der Waals surface area contributed by atoms with Crippen molar-refractivity contribution < 1.29 is 0 Å². The zero-order chi connectivity index (χ0) is 18.2. The number of aromatic nitrogens is 1. The maximum absolute atomic E-state index is 7.88. The van der Waals surface area contributed by atoms with Crippen molar-refractivity contribution >= 4 is 28.1 Å². The van der Waals surface area contributed by atoms with E-state index < -0.39 is 0 Å². The molecular weight excluding hydrogens is 360 g/mol. The molecule has 1 aliphatic rings. The van der Waals surface area contributed by atoms with Crippen LogP contribution in [-0.4, -0.2) is 23.6 Å². The summed E-state index contributed by atoms with van der Waals surface area (Å²) in [4.78, 5) is 4.59. The molecule has 26 heavy (non-hydrogen) atoms. The molecule has 0 saturated carbocycles. The topological polar surface area (TPSA) is 60.8 Å². The summed E-state index contributed by atoms with van der Waals surface area (Å²) < 4.78 is 0. The van der Waals surface area contributed by atoms with Gasteiger partial charge in [-0.3, -0.25) is 5.41 Å². The number of benzene rings is 1. The van der Waals surface area contributed by atoms with Gasteiger partial charge in [-0.25, -0.2) is 4.98 Å². The monoisotopic (exact) mass is 380 g/mol. The van der Waals surface area contributed by atoms with E-state index in [4.69, 9.17) is 5.41 Å². The van der Waals surface area contributed by atoms with Gasteiger partial charge in [0.15, 0.2) is 0 Å². The van der Waals surface area contributed by atoms with E-state index >= 15 is 0 Å². The second kappa shape index (κ2) is 9.27. The first-order chi connectivity index (χ1) is 12.8. The van der Waals surface area contributed by atoms with Crippen LogP contribution in [0.3, 0.4) is 0 Å². The predicted molar refractivity (Wildman–Crippen MR) is 111 cm³/mol. The molecule has 6 heteroatoms. The van der Waals surface area contributed by atoms with E-state index in [9.17, 15) is 0 Å². The second-order valence-electron chi connectivity index (χ2n) is 5.56. The Morgan fingerprint density at radius 1 is 1.27 bits per heavy atom. The Morgan fingerprint density at radius 2 is 2.12 bits per heavy atom. The van der Waals surface area contributed by atoms with Gasteiger partial charge in [-0.1, -0.05) is 48.0 Å². The molecule has 0 fully saturated rings. The van der Waals surface area contributed by atoms with E-state index in [-0.39, 0.29) is 0 Å². The molecule has 2 heterocycles. The van der Waals surface area contributed by atoms with Crippen LogP contribution >= 0.6 is 23.1 Å². The van der Waals surface area contributed by atoms with Gasteiger partial charge in [-0.15, -0.1) is 11.3 Å². The molecule has 0 radical (unpaired) electrons. The summed E-state index contributed by atoms with van der Waals surface area (Å²) in [7, 11) is 1.86. The van der Waals surface area contributed by atoms with Crippen molar-refractivity contribution in [3.8, 4) is 11.8 Å². The summed E-state index contributed by atoms with van der Waals surface area (Å²) in [5.74, 6) is 7.17. The van der Waals surface area contributed by atoms with Gasteiger partial charge in [-0.05, 0) is 23.0 Å². The molecule has 3 rings (SSSR count). The summed E-state index contributed by atoms with van der Waals surface area (Å²) in [6.45, 7) is 0.722. The van der Waals surface area contributed by atoms with Crippen LogP contribution in [0.4, 0.5) is 0 Å². The molecule has 4 nitrogen and oxygen atoms in total. The van der Waals surface area contributed by atoms with E-state index in [0.29, 0.717) is 11.5 Å². The molecule has 0 saturated heterocycles. The van der Waals surface area contributed by atoms with Crippen LogP contribution < -0.4 is 10.6 Å². The zero-order valence-corrected chi connectivity index (χ0v) is 16.1. The fourth-order valence-corrected chi connectivity index (χ4v) is 3.85. The number of rotatable bonds is 6. The van der Waals surface area contributed by atoms with Crippen LogP contribution in [0.1, 0.15) is 22.7 Å². The Labute approximate surface area is 162 Å². The number of nitrogens with zero attached hydrogens (tertiary/aromatic N) is 1. The molecule has 1 aliphatic heterocycles. The largest absolute Gasteiger partial charge is 0.374 e. The first kappa shape index (κ1) is 18.3. The first-order valence-electron chi connectivity index (χ1n) is 8.31. The summed E-state index contributed by atoms with van der Waals surface area (Å²) in [5.41, 5.74) is 3.00. The summed E-state index contributed by atoms with van der Waals surface area (Å²) in [6, 6.07) is 10.4. The lowest BCUT2D eigenvalue weighted by atomic mass is 10.2. The van der Waals surface area contributed by atoms with Gasteiger partial charge in [0.25, 0.3) is 0 Å². The third kappa shape index (κ3) is 5.01. The van der Waals surface area contributed by atoms with Gasteiger partial charge in [-0.2, -0.15) is 0 Å². The van der Waals surface area contributed by atoms with Crippen LogP contribution in [0.5, 0.6) is 0 Å². The van der Waals surface area contributed by atoms with Gasteiger partial charge in [0.05, 0.1) is 5.01 Å². The standard InChI is InChI=1S/C20H20N4S2/c1-22-20(17-10-12-25-19(17)21)23-11-6-5-9-16-14-26-18(24-16)13-15-7-3-2-4-8-15/h2-4,7-8,10,12,14,21-23H,6,11,13H2,1H3/b20-17+,21-19?. The van der Waals surface area contributed by atoms with Gasteiger partial charge in [0.1, 0.15) is 16.6 Å². The number of nitrogens with one attached hydrogen (secondary N) is 3.